The number of nitrogens with zero attached hydrogens (tertiary/aromatic N) is 2. The van der Waals surface area contributed by atoms with Crippen LogP contribution in [0.15, 0.2) is 58.2 Å². The lowest BCUT2D eigenvalue weighted by molar-refractivity contribution is 0.389. The van der Waals surface area contributed by atoms with Crippen LogP contribution >= 0.6 is 11.6 Å². The van der Waals surface area contributed by atoms with Gasteiger partial charge in [-0.1, -0.05) is 37.1 Å². The zero-order valence-electron chi connectivity index (χ0n) is 14.9. The number of rotatable bonds is 7. The maximum Gasteiger partial charge on any atom is 0.258 e. The predicted molar refractivity (Wildman–Crippen MR) is 106 cm³/mol. The molecule has 27 heavy (non-hydrogen) atoms. The highest BCUT2D eigenvalue weighted by molar-refractivity contribution is 7.89. The standard InChI is InChI=1S/C19H20ClN3O3S/c1-2-3-12-23(27(25,26)15-10-8-14(20)9-11-15)13-18-21-17-7-5-4-6-16(17)19(24)22-18/h4-11H,2-3,12-13H2,1H3,(H,21,22,24). The average molecular weight is 406 g/mol. The topological polar surface area (TPSA) is 83.1 Å². The van der Waals surface area contributed by atoms with Crippen LogP contribution in [-0.4, -0.2) is 29.2 Å². The van der Waals surface area contributed by atoms with E-state index in [0.717, 1.165) is 6.42 Å². The highest BCUT2D eigenvalue weighted by Crippen LogP contribution is 2.20. The summed E-state index contributed by atoms with van der Waals surface area (Å²) in [5.74, 6) is 0.312. The van der Waals surface area contributed by atoms with Crippen LogP contribution in [-0.2, 0) is 16.6 Å². The molecule has 3 aromatic rings. The van der Waals surface area contributed by atoms with Gasteiger partial charge in [0.25, 0.3) is 5.56 Å². The third kappa shape index (κ3) is 4.37. The summed E-state index contributed by atoms with van der Waals surface area (Å²) in [5, 5.41) is 0.941. The molecule has 3 rings (SSSR count). The Balaban J connectivity index is 1.98. The molecule has 0 aliphatic rings. The lowest BCUT2D eigenvalue weighted by Crippen LogP contribution is -2.33. The highest BCUT2D eigenvalue weighted by atomic mass is 35.5. The maximum absolute atomic E-state index is 13.1. The summed E-state index contributed by atoms with van der Waals surface area (Å²) in [6.07, 6.45) is 1.54. The average Bonchev–Trinajstić information content (AvgIpc) is 2.65. The molecular formula is C19H20ClN3O3S. The maximum atomic E-state index is 13.1. The van der Waals surface area contributed by atoms with Gasteiger partial charge in [0.2, 0.25) is 10.0 Å². The summed E-state index contributed by atoms with van der Waals surface area (Å²) in [7, 11) is -3.74. The number of sulfonamides is 1. The summed E-state index contributed by atoms with van der Waals surface area (Å²) in [4.78, 5) is 19.6. The van der Waals surface area contributed by atoms with E-state index in [1.54, 1.807) is 36.4 Å². The Morgan fingerprint density at radius 1 is 1.11 bits per heavy atom. The Bertz CT molecular complexity index is 1100. The fraction of sp³-hybridized carbons (Fsp3) is 0.263. The van der Waals surface area contributed by atoms with Gasteiger partial charge in [-0.2, -0.15) is 4.31 Å². The van der Waals surface area contributed by atoms with Gasteiger partial charge in [0.15, 0.2) is 0 Å². The number of hydrogen-bond acceptors (Lipinski definition) is 4. The fourth-order valence-electron chi connectivity index (χ4n) is 2.75. The molecule has 0 saturated heterocycles. The number of fused-ring (bicyclic) bond motifs is 1. The Morgan fingerprint density at radius 3 is 2.52 bits per heavy atom. The van der Waals surface area contributed by atoms with Gasteiger partial charge in [0.1, 0.15) is 5.82 Å². The van der Waals surface area contributed by atoms with Gasteiger partial charge in [-0.25, -0.2) is 13.4 Å². The number of aromatic nitrogens is 2. The van der Waals surface area contributed by atoms with Gasteiger partial charge < -0.3 is 4.98 Å². The molecule has 0 spiro atoms. The summed E-state index contributed by atoms with van der Waals surface area (Å²) in [5.41, 5.74) is 0.255. The molecule has 0 radical (unpaired) electrons. The van der Waals surface area contributed by atoms with Crippen molar-refractivity contribution >= 4 is 32.5 Å². The van der Waals surface area contributed by atoms with Gasteiger partial charge in [0.05, 0.1) is 22.3 Å². The second-order valence-electron chi connectivity index (χ2n) is 6.18. The molecule has 0 aliphatic heterocycles. The minimum Gasteiger partial charge on any atom is -0.309 e. The van der Waals surface area contributed by atoms with Gasteiger partial charge >= 0.3 is 0 Å². The van der Waals surface area contributed by atoms with E-state index in [9.17, 15) is 13.2 Å². The van der Waals surface area contributed by atoms with E-state index in [1.165, 1.54) is 16.4 Å². The first-order chi connectivity index (χ1) is 12.9. The van der Waals surface area contributed by atoms with Crippen molar-refractivity contribution < 1.29 is 8.42 Å². The lowest BCUT2D eigenvalue weighted by Gasteiger charge is -2.21. The Morgan fingerprint density at radius 2 is 1.81 bits per heavy atom. The Labute approximate surface area is 162 Å². The molecule has 0 amide bonds. The molecule has 8 heteroatoms. The molecule has 0 unspecified atom stereocenters. The van der Waals surface area contributed by atoms with Crippen molar-refractivity contribution in [2.75, 3.05) is 6.54 Å². The first kappa shape index (κ1) is 19.5. The van der Waals surface area contributed by atoms with Crippen molar-refractivity contribution in [1.29, 1.82) is 0 Å². The summed E-state index contributed by atoms with van der Waals surface area (Å²) in [6, 6.07) is 13.0. The Hall–Kier alpha value is -2.22. The molecule has 1 N–H and O–H groups in total. The first-order valence-electron chi connectivity index (χ1n) is 8.65. The summed E-state index contributed by atoms with van der Waals surface area (Å²) in [6.45, 7) is 2.31. The van der Waals surface area contributed by atoms with E-state index in [-0.39, 0.29) is 17.0 Å². The van der Waals surface area contributed by atoms with Crippen LogP contribution in [0.5, 0.6) is 0 Å². The van der Waals surface area contributed by atoms with Gasteiger partial charge in [-0.3, -0.25) is 4.79 Å². The molecule has 6 nitrogen and oxygen atoms in total. The molecule has 0 atom stereocenters. The van der Waals surface area contributed by atoms with Crippen LogP contribution < -0.4 is 5.56 Å². The van der Waals surface area contributed by atoms with Crippen LogP contribution in [0.3, 0.4) is 0 Å². The molecule has 1 heterocycles. The SMILES string of the molecule is CCCCN(Cc1nc2ccccc2c(=O)[nH]1)S(=O)(=O)c1ccc(Cl)cc1. The lowest BCUT2D eigenvalue weighted by atomic mass is 10.2. The van der Waals surface area contributed by atoms with Crippen molar-refractivity contribution in [2.45, 2.75) is 31.2 Å². The van der Waals surface area contributed by atoms with Crippen molar-refractivity contribution in [3.63, 3.8) is 0 Å². The molecule has 0 bridgehead atoms. The number of nitrogens with one attached hydrogen (secondary N) is 1. The Kier molecular flexibility index (Phi) is 5.94. The monoisotopic (exact) mass is 405 g/mol. The number of H-pyrrole nitrogens is 1. The van der Waals surface area contributed by atoms with Crippen LogP contribution in [0.2, 0.25) is 5.02 Å². The number of para-hydroxylation sites is 1. The van der Waals surface area contributed by atoms with Crippen molar-refractivity contribution in [1.82, 2.24) is 14.3 Å². The molecule has 0 fully saturated rings. The predicted octanol–water partition coefficient (Wildman–Crippen LogP) is 3.57. The summed E-state index contributed by atoms with van der Waals surface area (Å²) >= 11 is 5.87. The van der Waals surface area contributed by atoms with Crippen molar-refractivity contribution in [3.8, 4) is 0 Å². The minimum atomic E-state index is -3.74. The van der Waals surface area contributed by atoms with Crippen LogP contribution in [0.25, 0.3) is 10.9 Å². The smallest absolute Gasteiger partial charge is 0.258 e. The van der Waals surface area contributed by atoms with Gasteiger partial charge in [0, 0.05) is 11.6 Å². The molecule has 142 valence electrons. The largest absolute Gasteiger partial charge is 0.309 e. The molecule has 1 aromatic heterocycles. The van der Waals surface area contributed by atoms with E-state index in [1.807, 2.05) is 6.92 Å². The zero-order valence-corrected chi connectivity index (χ0v) is 16.4. The number of hydrogen-bond donors (Lipinski definition) is 1. The molecule has 2 aromatic carbocycles. The highest BCUT2D eigenvalue weighted by Gasteiger charge is 2.25. The number of benzene rings is 2. The van der Waals surface area contributed by atoms with Crippen molar-refractivity contribution in [3.05, 3.63) is 69.7 Å². The van der Waals surface area contributed by atoms with Crippen LogP contribution in [0, 0.1) is 0 Å². The fourth-order valence-corrected chi connectivity index (χ4v) is 4.32. The van der Waals surface area contributed by atoms with Crippen LogP contribution in [0.4, 0.5) is 0 Å². The number of unbranched alkanes of at least 4 members (excludes halogenated alkanes) is 1. The van der Waals surface area contributed by atoms with E-state index < -0.39 is 10.0 Å². The van der Waals surface area contributed by atoms with E-state index in [2.05, 4.69) is 9.97 Å². The number of halogens is 1. The van der Waals surface area contributed by atoms with E-state index in [0.29, 0.717) is 34.7 Å². The molecule has 0 aliphatic carbocycles. The van der Waals surface area contributed by atoms with E-state index >= 15 is 0 Å². The second-order valence-corrected chi connectivity index (χ2v) is 8.55. The molecule has 0 saturated carbocycles. The summed E-state index contributed by atoms with van der Waals surface area (Å²) < 4.78 is 27.5. The van der Waals surface area contributed by atoms with Gasteiger partial charge in [-0.15, -0.1) is 0 Å². The van der Waals surface area contributed by atoms with E-state index in [4.69, 9.17) is 11.6 Å². The van der Waals surface area contributed by atoms with Gasteiger partial charge in [-0.05, 0) is 42.8 Å². The first-order valence-corrected chi connectivity index (χ1v) is 10.5. The number of aromatic amines is 1. The zero-order chi connectivity index (χ0) is 19.4. The third-order valence-electron chi connectivity index (χ3n) is 4.20. The third-order valence-corrected chi connectivity index (χ3v) is 6.31. The minimum absolute atomic E-state index is 0.00889. The van der Waals surface area contributed by atoms with Crippen molar-refractivity contribution in [2.24, 2.45) is 0 Å². The quantitative estimate of drug-likeness (QED) is 0.651. The second kappa shape index (κ2) is 8.21. The van der Waals surface area contributed by atoms with Crippen LogP contribution in [0.1, 0.15) is 25.6 Å². The molecular weight excluding hydrogens is 386 g/mol. The normalized spacial score (nSPS) is 12.0.